The maximum absolute atomic E-state index is 12.5. The summed E-state index contributed by atoms with van der Waals surface area (Å²) >= 11 is 3.03. The Morgan fingerprint density at radius 1 is 1.12 bits per heavy atom. The Hall–Kier alpha value is -2.31. The van der Waals surface area contributed by atoms with Crippen LogP contribution in [0, 0.1) is 6.92 Å². The van der Waals surface area contributed by atoms with Gasteiger partial charge in [-0.25, -0.2) is 4.98 Å². The van der Waals surface area contributed by atoms with Crippen LogP contribution in [0.15, 0.2) is 52.2 Å². The third-order valence-corrected chi connectivity index (χ3v) is 6.04. The Morgan fingerprint density at radius 2 is 1.88 bits per heavy atom. The van der Waals surface area contributed by atoms with Crippen LogP contribution < -0.4 is 9.47 Å². The van der Waals surface area contributed by atoms with Crippen molar-refractivity contribution in [2.75, 3.05) is 19.0 Å². The number of ether oxygens (including phenoxy) is 2. The van der Waals surface area contributed by atoms with Gasteiger partial charge in [0.15, 0.2) is 21.6 Å². The lowest BCUT2D eigenvalue weighted by Crippen LogP contribution is -2.16. The first-order valence-corrected chi connectivity index (χ1v) is 10.1. The molecule has 3 aromatic rings. The second-order valence-corrected chi connectivity index (χ2v) is 8.02. The summed E-state index contributed by atoms with van der Waals surface area (Å²) in [7, 11) is 0. The zero-order valence-electron chi connectivity index (χ0n) is 14.2. The zero-order valence-corrected chi connectivity index (χ0v) is 15.9. The molecule has 1 aliphatic rings. The van der Waals surface area contributed by atoms with Crippen molar-refractivity contribution in [1.82, 2.24) is 4.98 Å². The molecule has 2 heterocycles. The summed E-state index contributed by atoms with van der Waals surface area (Å²) in [6.45, 7) is 3.12. The first-order valence-electron chi connectivity index (χ1n) is 8.27. The van der Waals surface area contributed by atoms with E-state index in [4.69, 9.17) is 9.47 Å². The smallest absolute Gasteiger partial charge is 0.173 e. The highest BCUT2D eigenvalue weighted by atomic mass is 32.2. The van der Waals surface area contributed by atoms with E-state index in [2.05, 4.69) is 36.2 Å². The van der Waals surface area contributed by atoms with Crippen LogP contribution in [0.2, 0.25) is 0 Å². The lowest BCUT2D eigenvalue weighted by Gasteiger charge is -2.18. The number of rotatable bonds is 5. The first-order chi connectivity index (χ1) is 12.7. The standard InChI is InChI=1S/C20H17NO3S2/c1-13-2-4-14(5-3-13)16-11-25-20(21-16)26-12-17(22)15-6-7-18-19(10-15)24-9-8-23-18/h2-7,10-11H,8-9,12H2,1H3. The molecule has 1 aliphatic heterocycles. The van der Waals surface area contributed by atoms with Crippen molar-refractivity contribution in [2.24, 2.45) is 0 Å². The molecule has 1 aromatic heterocycles. The first kappa shape index (κ1) is 17.1. The van der Waals surface area contributed by atoms with Gasteiger partial charge >= 0.3 is 0 Å². The average Bonchev–Trinajstić information content (AvgIpc) is 3.15. The predicted octanol–water partition coefficient (Wildman–Crippen LogP) is 4.86. The van der Waals surface area contributed by atoms with Crippen LogP contribution in [-0.2, 0) is 0 Å². The lowest BCUT2D eigenvalue weighted by molar-refractivity contribution is 0.102. The van der Waals surface area contributed by atoms with Gasteiger partial charge in [0.1, 0.15) is 13.2 Å². The van der Waals surface area contributed by atoms with Crippen molar-refractivity contribution in [1.29, 1.82) is 0 Å². The van der Waals surface area contributed by atoms with Crippen molar-refractivity contribution in [3.8, 4) is 22.8 Å². The molecular weight excluding hydrogens is 366 g/mol. The van der Waals surface area contributed by atoms with Crippen molar-refractivity contribution in [3.05, 3.63) is 59.0 Å². The number of thioether (sulfide) groups is 1. The maximum atomic E-state index is 12.5. The number of ketones is 1. The minimum atomic E-state index is 0.0547. The molecule has 132 valence electrons. The van der Waals surface area contributed by atoms with Gasteiger partial charge in [-0.3, -0.25) is 4.79 Å². The van der Waals surface area contributed by atoms with Crippen molar-refractivity contribution in [3.63, 3.8) is 0 Å². The molecule has 0 atom stereocenters. The zero-order chi connectivity index (χ0) is 17.9. The van der Waals surface area contributed by atoms with Crippen LogP contribution in [0.1, 0.15) is 15.9 Å². The van der Waals surface area contributed by atoms with Crippen molar-refractivity contribution >= 4 is 28.9 Å². The van der Waals surface area contributed by atoms with E-state index in [1.54, 1.807) is 29.5 Å². The van der Waals surface area contributed by atoms with Crippen LogP contribution in [0.5, 0.6) is 11.5 Å². The minimum absolute atomic E-state index is 0.0547. The van der Waals surface area contributed by atoms with Crippen LogP contribution in [0.3, 0.4) is 0 Å². The van der Waals surface area contributed by atoms with Crippen LogP contribution in [-0.4, -0.2) is 29.7 Å². The Labute approximate surface area is 160 Å². The topological polar surface area (TPSA) is 48.4 Å². The van der Waals surface area contributed by atoms with E-state index < -0.39 is 0 Å². The van der Waals surface area contributed by atoms with E-state index in [1.165, 1.54) is 17.3 Å². The molecule has 4 rings (SSSR count). The Bertz CT molecular complexity index is 934. The van der Waals surface area contributed by atoms with E-state index in [-0.39, 0.29) is 5.78 Å². The SMILES string of the molecule is Cc1ccc(-c2csc(SCC(=O)c3ccc4c(c3)OCCO4)n2)cc1. The molecule has 0 N–H and O–H groups in total. The molecule has 0 radical (unpaired) electrons. The fourth-order valence-electron chi connectivity index (χ4n) is 2.61. The quantitative estimate of drug-likeness (QED) is 0.465. The molecule has 0 fully saturated rings. The molecule has 2 aromatic carbocycles. The number of thiazole rings is 1. The van der Waals surface area contributed by atoms with E-state index in [0.29, 0.717) is 36.0 Å². The summed E-state index contributed by atoms with van der Waals surface area (Å²) in [5, 5.41) is 2.03. The van der Waals surface area contributed by atoms with E-state index in [0.717, 1.165) is 15.6 Å². The second-order valence-electron chi connectivity index (χ2n) is 5.93. The van der Waals surface area contributed by atoms with Gasteiger partial charge in [-0.2, -0.15) is 0 Å². The molecular formula is C20H17NO3S2. The molecule has 26 heavy (non-hydrogen) atoms. The van der Waals surface area contributed by atoms with Crippen molar-refractivity contribution < 1.29 is 14.3 Å². The Morgan fingerprint density at radius 3 is 2.69 bits per heavy atom. The van der Waals surface area contributed by atoms with Gasteiger partial charge in [0, 0.05) is 16.5 Å². The molecule has 6 heteroatoms. The molecule has 0 bridgehead atoms. The van der Waals surface area contributed by atoms with Gasteiger partial charge in [-0.05, 0) is 25.1 Å². The molecule has 0 amide bonds. The lowest BCUT2D eigenvalue weighted by atomic mass is 10.1. The highest BCUT2D eigenvalue weighted by molar-refractivity contribution is 8.01. The van der Waals surface area contributed by atoms with Crippen LogP contribution in [0.4, 0.5) is 0 Å². The number of aromatic nitrogens is 1. The Balaban J connectivity index is 1.41. The normalized spacial score (nSPS) is 12.8. The summed E-state index contributed by atoms with van der Waals surface area (Å²) in [6.07, 6.45) is 0. The number of Topliss-reactive ketones (excluding diaryl/α,β-unsaturated/α-hetero) is 1. The number of carbonyl (C=O) groups is 1. The fourth-order valence-corrected chi connectivity index (χ4v) is 4.34. The molecule has 0 aliphatic carbocycles. The number of aryl methyl sites for hydroxylation is 1. The molecule has 4 nitrogen and oxygen atoms in total. The van der Waals surface area contributed by atoms with Crippen LogP contribution in [0.25, 0.3) is 11.3 Å². The maximum Gasteiger partial charge on any atom is 0.173 e. The molecule has 0 unspecified atom stereocenters. The van der Waals surface area contributed by atoms with Gasteiger partial charge in [0.2, 0.25) is 0 Å². The number of hydrogen-bond donors (Lipinski definition) is 0. The largest absolute Gasteiger partial charge is 0.486 e. The summed E-state index contributed by atoms with van der Waals surface area (Å²) in [6, 6.07) is 13.6. The minimum Gasteiger partial charge on any atom is -0.486 e. The highest BCUT2D eigenvalue weighted by Crippen LogP contribution is 2.32. The van der Waals surface area contributed by atoms with Gasteiger partial charge in [-0.15, -0.1) is 11.3 Å². The third-order valence-electron chi connectivity index (χ3n) is 4.02. The summed E-state index contributed by atoms with van der Waals surface area (Å²) in [5.74, 6) is 1.74. The predicted molar refractivity (Wildman–Crippen MR) is 105 cm³/mol. The Kier molecular flexibility index (Phi) is 4.95. The van der Waals surface area contributed by atoms with E-state index in [9.17, 15) is 4.79 Å². The number of nitrogens with zero attached hydrogens (tertiary/aromatic N) is 1. The second kappa shape index (κ2) is 7.51. The summed E-state index contributed by atoms with van der Waals surface area (Å²) in [4.78, 5) is 17.1. The van der Waals surface area contributed by atoms with Gasteiger partial charge < -0.3 is 9.47 Å². The number of carbonyl (C=O) groups excluding carboxylic acids is 1. The average molecular weight is 383 g/mol. The van der Waals surface area contributed by atoms with Crippen molar-refractivity contribution in [2.45, 2.75) is 11.3 Å². The number of benzene rings is 2. The van der Waals surface area contributed by atoms with Gasteiger partial charge in [0.25, 0.3) is 0 Å². The van der Waals surface area contributed by atoms with Gasteiger partial charge in [0.05, 0.1) is 11.4 Å². The van der Waals surface area contributed by atoms with Crippen LogP contribution >= 0.6 is 23.1 Å². The third kappa shape index (κ3) is 3.76. The monoisotopic (exact) mass is 383 g/mol. The fraction of sp³-hybridized carbons (Fsp3) is 0.200. The molecule has 0 spiro atoms. The summed E-state index contributed by atoms with van der Waals surface area (Å²) in [5.41, 5.74) is 3.90. The molecule has 0 saturated carbocycles. The summed E-state index contributed by atoms with van der Waals surface area (Å²) < 4.78 is 11.9. The van der Waals surface area contributed by atoms with Gasteiger partial charge in [-0.1, -0.05) is 41.6 Å². The highest BCUT2D eigenvalue weighted by Gasteiger charge is 2.16. The van der Waals surface area contributed by atoms with E-state index >= 15 is 0 Å². The molecule has 0 saturated heterocycles. The van der Waals surface area contributed by atoms with E-state index in [1.807, 2.05) is 5.38 Å². The number of fused-ring (bicyclic) bond motifs is 1. The number of hydrogen-bond acceptors (Lipinski definition) is 6.